The molecule has 0 heterocycles. The third-order valence-corrected chi connectivity index (χ3v) is 4.81. The van der Waals surface area contributed by atoms with Gasteiger partial charge in [0.2, 0.25) is 0 Å². The Balaban J connectivity index is 2.33. The summed E-state index contributed by atoms with van der Waals surface area (Å²) in [6.45, 7) is 3.48. The molecule has 0 atom stereocenters. The van der Waals surface area contributed by atoms with Crippen LogP contribution in [0.15, 0.2) is 47.4 Å². The van der Waals surface area contributed by atoms with Crippen molar-refractivity contribution in [2.24, 2.45) is 0 Å². The van der Waals surface area contributed by atoms with Crippen LogP contribution in [0.3, 0.4) is 0 Å². The Morgan fingerprint density at radius 2 is 1.84 bits per heavy atom. The van der Waals surface area contributed by atoms with Gasteiger partial charge in [-0.05, 0) is 43.7 Å². The fourth-order valence-electron chi connectivity index (χ4n) is 2.13. The summed E-state index contributed by atoms with van der Waals surface area (Å²) in [6, 6.07) is 9.09. The molecule has 0 fully saturated rings. The molecule has 0 amide bonds. The number of rotatable bonds is 6. The molecule has 0 saturated heterocycles. The topological polar surface area (TPSA) is 116 Å². The van der Waals surface area contributed by atoms with Gasteiger partial charge in [-0.1, -0.05) is 6.07 Å². The van der Waals surface area contributed by atoms with Gasteiger partial charge < -0.3 is 4.74 Å². The molecule has 0 aliphatic rings. The molecular weight excluding hydrogens is 348 g/mol. The molecule has 0 radical (unpaired) electrons. The number of nitro groups is 1. The highest BCUT2D eigenvalue weighted by molar-refractivity contribution is 7.92. The van der Waals surface area contributed by atoms with E-state index in [0.717, 1.165) is 24.3 Å². The maximum atomic E-state index is 12.4. The lowest BCUT2D eigenvalue weighted by molar-refractivity contribution is -0.384. The van der Waals surface area contributed by atoms with Crippen LogP contribution in [-0.4, -0.2) is 25.9 Å². The number of hydrogen-bond donors (Lipinski definition) is 1. The number of hydrogen-bond acceptors (Lipinski definition) is 6. The Morgan fingerprint density at radius 3 is 2.40 bits per heavy atom. The molecular formula is C16H16N2O6S. The van der Waals surface area contributed by atoms with Gasteiger partial charge in [0.15, 0.2) is 0 Å². The number of nitrogens with zero attached hydrogens (tertiary/aromatic N) is 1. The highest BCUT2D eigenvalue weighted by atomic mass is 32.2. The first-order valence-electron chi connectivity index (χ1n) is 7.30. The minimum absolute atomic E-state index is 0.126. The number of ether oxygens (including phenoxy) is 1. The first-order valence-corrected chi connectivity index (χ1v) is 8.78. The smallest absolute Gasteiger partial charge is 0.338 e. The van der Waals surface area contributed by atoms with Gasteiger partial charge in [-0.15, -0.1) is 0 Å². The van der Waals surface area contributed by atoms with E-state index in [1.54, 1.807) is 13.8 Å². The van der Waals surface area contributed by atoms with Crippen LogP contribution >= 0.6 is 0 Å². The number of carbonyl (C=O) groups excluding carboxylic acids is 1. The van der Waals surface area contributed by atoms with Crippen molar-refractivity contribution in [3.05, 3.63) is 63.7 Å². The fraction of sp³-hybridized carbons (Fsp3) is 0.188. The van der Waals surface area contributed by atoms with Crippen molar-refractivity contribution < 1.29 is 22.9 Å². The second kappa shape index (κ2) is 7.31. The molecule has 132 valence electrons. The van der Waals surface area contributed by atoms with E-state index in [2.05, 4.69) is 4.72 Å². The number of nitrogens with one attached hydrogen (secondary N) is 1. The van der Waals surface area contributed by atoms with E-state index in [9.17, 15) is 23.3 Å². The zero-order valence-corrected chi connectivity index (χ0v) is 14.4. The Bertz CT molecular complexity index is 907. The minimum atomic E-state index is -3.96. The van der Waals surface area contributed by atoms with Gasteiger partial charge in [0.25, 0.3) is 15.7 Å². The number of benzene rings is 2. The van der Waals surface area contributed by atoms with E-state index in [1.165, 1.54) is 18.2 Å². The van der Waals surface area contributed by atoms with E-state index < -0.39 is 20.9 Å². The average Bonchev–Trinajstić information content (AvgIpc) is 2.57. The second-order valence-electron chi connectivity index (χ2n) is 5.06. The Labute approximate surface area is 144 Å². The predicted octanol–water partition coefficient (Wildman–Crippen LogP) is 2.88. The van der Waals surface area contributed by atoms with Crippen LogP contribution in [0, 0.1) is 17.0 Å². The van der Waals surface area contributed by atoms with Crippen LogP contribution in [0.4, 0.5) is 11.4 Å². The highest BCUT2D eigenvalue weighted by Crippen LogP contribution is 2.24. The number of carbonyl (C=O) groups is 1. The SMILES string of the molecule is CCOC(=O)c1cccc(NS(=O)(=O)c2ccc([N+](=O)[O-])cc2)c1C. The summed E-state index contributed by atoms with van der Waals surface area (Å²) >= 11 is 0. The van der Waals surface area contributed by atoms with Gasteiger partial charge in [0.1, 0.15) is 0 Å². The predicted molar refractivity (Wildman–Crippen MR) is 91.0 cm³/mol. The number of anilines is 1. The van der Waals surface area contributed by atoms with Gasteiger partial charge in [-0.25, -0.2) is 13.2 Å². The zero-order valence-electron chi connectivity index (χ0n) is 13.6. The van der Waals surface area contributed by atoms with Crippen molar-refractivity contribution in [1.29, 1.82) is 0 Å². The van der Waals surface area contributed by atoms with E-state index in [1.807, 2.05) is 0 Å². The van der Waals surface area contributed by atoms with Crippen molar-refractivity contribution in [1.82, 2.24) is 0 Å². The molecule has 25 heavy (non-hydrogen) atoms. The molecule has 2 aromatic rings. The molecule has 0 bridgehead atoms. The molecule has 0 aliphatic heterocycles. The van der Waals surface area contributed by atoms with Gasteiger partial charge >= 0.3 is 5.97 Å². The van der Waals surface area contributed by atoms with Crippen molar-refractivity contribution in [2.75, 3.05) is 11.3 Å². The van der Waals surface area contributed by atoms with Crippen molar-refractivity contribution in [3.63, 3.8) is 0 Å². The molecule has 0 spiro atoms. The number of non-ortho nitro benzene ring substituents is 1. The number of esters is 1. The standard InChI is InChI=1S/C16H16N2O6S/c1-3-24-16(19)14-5-4-6-15(11(14)2)17-25(22,23)13-9-7-12(8-10-13)18(20)21/h4-10,17H,3H2,1-2H3. The maximum Gasteiger partial charge on any atom is 0.338 e. The second-order valence-corrected chi connectivity index (χ2v) is 6.74. The van der Waals surface area contributed by atoms with E-state index in [-0.39, 0.29) is 28.4 Å². The molecule has 2 rings (SSSR count). The Morgan fingerprint density at radius 1 is 1.20 bits per heavy atom. The number of nitro benzene ring substituents is 1. The van der Waals surface area contributed by atoms with Crippen LogP contribution in [0.5, 0.6) is 0 Å². The van der Waals surface area contributed by atoms with Crippen LogP contribution in [0.1, 0.15) is 22.8 Å². The quantitative estimate of drug-likeness (QED) is 0.479. The van der Waals surface area contributed by atoms with Gasteiger partial charge in [0.05, 0.1) is 27.7 Å². The molecule has 8 nitrogen and oxygen atoms in total. The van der Waals surface area contributed by atoms with E-state index in [0.29, 0.717) is 5.56 Å². The summed E-state index contributed by atoms with van der Waals surface area (Å²) in [5, 5.41) is 10.6. The van der Waals surface area contributed by atoms with Crippen molar-refractivity contribution in [3.8, 4) is 0 Å². The lowest BCUT2D eigenvalue weighted by atomic mass is 10.1. The third kappa shape index (κ3) is 4.13. The summed E-state index contributed by atoms with van der Waals surface area (Å²) in [5.74, 6) is -0.545. The third-order valence-electron chi connectivity index (χ3n) is 3.43. The molecule has 0 aromatic heterocycles. The van der Waals surface area contributed by atoms with Crippen LogP contribution in [-0.2, 0) is 14.8 Å². The summed E-state index contributed by atoms with van der Waals surface area (Å²) in [6.07, 6.45) is 0. The lowest BCUT2D eigenvalue weighted by Crippen LogP contribution is -2.15. The van der Waals surface area contributed by atoms with Crippen LogP contribution in [0.25, 0.3) is 0 Å². The molecule has 0 aliphatic carbocycles. The van der Waals surface area contributed by atoms with E-state index in [4.69, 9.17) is 4.74 Å². The average molecular weight is 364 g/mol. The Hall–Kier alpha value is -2.94. The normalized spacial score (nSPS) is 11.0. The summed E-state index contributed by atoms with van der Waals surface area (Å²) in [5.41, 5.74) is 0.695. The lowest BCUT2D eigenvalue weighted by Gasteiger charge is -2.13. The van der Waals surface area contributed by atoms with Crippen LogP contribution < -0.4 is 4.72 Å². The zero-order chi connectivity index (χ0) is 18.6. The summed E-state index contributed by atoms with van der Waals surface area (Å²) in [7, 11) is -3.96. The molecule has 9 heteroatoms. The monoisotopic (exact) mass is 364 g/mol. The first kappa shape index (κ1) is 18.4. The summed E-state index contributed by atoms with van der Waals surface area (Å²) in [4.78, 5) is 21.8. The Kier molecular flexibility index (Phi) is 5.38. The van der Waals surface area contributed by atoms with Gasteiger partial charge in [-0.3, -0.25) is 14.8 Å². The molecule has 2 aromatic carbocycles. The fourth-order valence-corrected chi connectivity index (χ4v) is 3.25. The highest BCUT2D eigenvalue weighted by Gasteiger charge is 2.19. The van der Waals surface area contributed by atoms with Crippen molar-refractivity contribution >= 4 is 27.4 Å². The summed E-state index contributed by atoms with van der Waals surface area (Å²) < 4.78 is 32.2. The molecule has 0 saturated carbocycles. The first-order chi connectivity index (χ1) is 11.8. The molecule has 1 N–H and O–H groups in total. The van der Waals surface area contributed by atoms with Gasteiger partial charge in [0, 0.05) is 12.1 Å². The van der Waals surface area contributed by atoms with Crippen molar-refractivity contribution in [2.45, 2.75) is 18.7 Å². The number of sulfonamides is 1. The van der Waals surface area contributed by atoms with Gasteiger partial charge in [-0.2, -0.15) is 0 Å². The van der Waals surface area contributed by atoms with E-state index >= 15 is 0 Å². The van der Waals surface area contributed by atoms with Crippen LogP contribution in [0.2, 0.25) is 0 Å². The minimum Gasteiger partial charge on any atom is -0.462 e. The largest absolute Gasteiger partial charge is 0.462 e. The maximum absolute atomic E-state index is 12.4. The molecule has 0 unspecified atom stereocenters.